The quantitative estimate of drug-likeness (QED) is 0.597. The second-order valence-electron chi connectivity index (χ2n) is 8.01. The first kappa shape index (κ1) is 16.7. The summed E-state index contributed by atoms with van der Waals surface area (Å²) in [7, 11) is 0. The standard InChI is InChI=1S/C16H31B.Li/c1-11(2)16(5,6)17-10-13(4)14-8-7-12(3)15(17)9-14;/h11-15H,7-10H2,1-6H3;. The molecule has 0 aromatic carbocycles. The van der Waals surface area contributed by atoms with Crippen LogP contribution in [0.2, 0.25) is 17.5 Å². The van der Waals surface area contributed by atoms with E-state index in [1.807, 2.05) is 0 Å². The van der Waals surface area contributed by atoms with Gasteiger partial charge in [0.15, 0.2) is 0 Å². The number of hydrogen-bond acceptors (Lipinski definition) is 0. The predicted molar refractivity (Wildman–Crippen MR) is 84.6 cm³/mol. The third-order valence-electron chi connectivity index (χ3n) is 6.69. The molecule has 2 aliphatic rings. The summed E-state index contributed by atoms with van der Waals surface area (Å²) in [6.07, 6.45) is 6.02. The van der Waals surface area contributed by atoms with Gasteiger partial charge in [-0.05, 0) is 30.1 Å². The zero-order valence-electron chi connectivity index (χ0n) is 13.8. The molecule has 1 radical (unpaired) electrons. The van der Waals surface area contributed by atoms with Crippen molar-refractivity contribution in [2.24, 2.45) is 23.7 Å². The van der Waals surface area contributed by atoms with Gasteiger partial charge in [-0.3, -0.25) is 0 Å². The van der Waals surface area contributed by atoms with Gasteiger partial charge in [-0.15, -0.1) is 0 Å². The molecule has 4 unspecified atom stereocenters. The molecule has 99 valence electrons. The molecule has 1 saturated carbocycles. The van der Waals surface area contributed by atoms with Crippen molar-refractivity contribution in [3.63, 3.8) is 0 Å². The Morgan fingerprint density at radius 3 is 2.22 bits per heavy atom. The molecule has 0 nitrogen and oxygen atoms in total. The van der Waals surface area contributed by atoms with E-state index in [0.29, 0.717) is 5.31 Å². The van der Waals surface area contributed by atoms with Gasteiger partial charge in [0.2, 0.25) is 0 Å². The minimum atomic E-state index is 0. The van der Waals surface area contributed by atoms with Crippen LogP contribution < -0.4 is 0 Å². The second kappa shape index (κ2) is 5.97. The number of rotatable bonds is 2. The Morgan fingerprint density at radius 2 is 1.67 bits per heavy atom. The van der Waals surface area contributed by atoms with Crippen LogP contribution in [0.1, 0.15) is 60.8 Å². The Labute approximate surface area is 127 Å². The summed E-state index contributed by atoms with van der Waals surface area (Å²) in [5.41, 5.74) is 0. The van der Waals surface area contributed by atoms with Gasteiger partial charge in [-0.2, -0.15) is 0 Å². The van der Waals surface area contributed by atoms with E-state index in [4.69, 9.17) is 0 Å². The molecule has 2 bridgehead atoms. The van der Waals surface area contributed by atoms with Crippen LogP contribution in [0.3, 0.4) is 0 Å². The molecular formula is C16H31BLi. The molecule has 18 heavy (non-hydrogen) atoms. The van der Waals surface area contributed by atoms with Crippen molar-refractivity contribution in [3.05, 3.63) is 0 Å². The molecule has 4 atom stereocenters. The topological polar surface area (TPSA) is 0 Å². The molecule has 1 aliphatic heterocycles. The van der Waals surface area contributed by atoms with E-state index in [0.717, 1.165) is 36.2 Å². The normalized spacial score (nSPS) is 36.5. The zero-order valence-corrected chi connectivity index (χ0v) is 13.8. The maximum Gasteiger partial charge on any atom is 0.149 e. The Bertz CT molecular complexity index is 274. The molecule has 0 aromatic rings. The van der Waals surface area contributed by atoms with E-state index in [9.17, 15) is 0 Å². The predicted octanol–water partition coefficient (Wildman–Crippen LogP) is 4.99. The Balaban J connectivity index is 0.00000162. The van der Waals surface area contributed by atoms with Crippen LogP contribution in [-0.4, -0.2) is 25.6 Å². The van der Waals surface area contributed by atoms with Gasteiger partial charge in [0.1, 0.15) is 6.71 Å². The molecule has 1 saturated heterocycles. The summed E-state index contributed by atoms with van der Waals surface area (Å²) in [6.45, 7) is 15.9. The van der Waals surface area contributed by atoms with Crippen molar-refractivity contribution in [2.75, 3.05) is 0 Å². The summed E-state index contributed by atoms with van der Waals surface area (Å²) >= 11 is 0. The smallest absolute Gasteiger partial charge is 0.0706 e. The minimum Gasteiger partial charge on any atom is -0.0706 e. The fourth-order valence-electron chi connectivity index (χ4n) is 4.52. The van der Waals surface area contributed by atoms with Crippen LogP contribution in [0.25, 0.3) is 0 Å². The fourth-order valence-corrected chi connectivity index (χ4v) is 4.52. The Kier molecular flexibility index (Phi) is 5.54. The summed E-state index contributed by atoms with van der Waals surface area (Å²) in [5.74, 6) is 4.83. The Morgan fingerprint density at radius 1 is 1.06 bits per heavy atom. The summed E-state index contributed by atoms with van der Waals surface area (Å²) in [5, 5.41) is 0.523. The molecule has 2 fully saturated rings. The molecule has 2 rings (SSSR count). The van der Waals surface area contributed by atoms with Gasteiger partial charge >= 0.3 is 0 Å². The van der Waals surface area contributed by atoms with Crippen LogP contribution in [0.4, 0.5) is 0 Å². The van der Waals surface area contributed by atoms with E-state index < -0.39 is 0 Å². The summed E-state index contributed by atoms with van der Waals surface area (Å²) < 4.78 is 0. The van der Waals surface area contributed by atoms with Crippen molar-refractivity contribution in [3.8, 4) is 0 Å². The largest absolute Gasteiger partial charge is 0.149 e. The first-order valence-electron chi connectivity index (χ1n) is 7.84. The van der Waals surface area contributed by atoms with E-state index in [-0.39, 0.29) is 18.9 Å². The average molecular weight is 241 g/mol. The maximum absolute atomic E-state index is 2.52. The van der Waals surface area contributed by atoms with E-state index in [2.05, 4.69) is 41.5 Å². The van der Waals surface area contributed by atoms with Crippen LogP contribution >= 0.6 is 0 Å². The van der Waals surface area contributed by atoms with Crippen LogP contribution in [0.15, 0.2) is 0 Å². The molecule has 1 heterocycles. The van der Waals surface area contributed by atoms with Gasteiger partial charge in [-0.1, -0.05) is 71.8 Å². The van der Waals surface area contributed by atoms with Gasteiger partial charge in [0.25, 0.3) is 0 Å². The molecule has 2 heteroatoms. The van der Waals surface area contributed by atoms with Crippen LogP contribution in [0, 0.1) is 23.7 Å². The SMILES string of the molecule is CC1CB(C(C)(C)C(C)C)C2CC1CCC2C.[Li]. The first-order valence-corrected chi connectivity index (χ1v) is 7.84. The van der Waals surface area contributed by atoms with Crippen LogP contribution in [-0.2, 0) is 0 Å². The third kappa shape index (κ3) is 2.88. The van der Waals surface area contributed by atoms with Crippen molar-refractivity contribution in [2.45, 2.75) is 78.3 Å². The molecule has 0 aromatic heterocycles. The average Bonchev–Trinajstić information content (AvgIpc) is 2.26. The van der Waals surface area contributed by atoms with E-state index in [1.165, 1.54) is 25.6 Å². The monoisotopic (exact) mass is 241 g/mol. The number of hydrogen-bond donors (Lipinski definition) is 0. The number of fused-ring (bicyclic) bond motifs is 2. The molecule has 0 spiro atoms. The van der Waals surface area contributed by atoms with Crippen molar-refractivity contribution < 1.29 is 0 Å². The van der Waals surface area contributed by atoms with E-state index >= 15 is 0 Å². The maximum atomic E-state index is 2.52. The van der Waals surface area contributed by atoms with Crippen molar-refractivity contribution in [1.29, 1.82) is 0 Å². The van der Waals surface area contributed by atoms with Crippen molar-refractivity contribution >= 4 is 25.6 Å². The summed E-state index contributed by atoms with van der Waals surface area (Å²) in [4.78, 5) is 0. The van der Waals surface area contributed by atoms with Crippen molar-refractivity contribution in [1.82, 2.24) is 0 Å². The zero-order chi connectivity index (χ0) is 12.8. The minimum absolute atomic E-state index is 0. The Hall–Kier alpha value is 0.662. The molecular weight excluding hydrogens is 210 g/mol. The van der Waals surface area contributed by atoms with E-state index in [1.54, 1.807) is 0 Å². The molecule has 0 amide bonds. The van der Waals surface area contributed by atoms with Crippen LogP contribution in [0.5, 0.6) is 0 Å². The van der Waals surface area contributed by atoms with Gasteiger partial charge in [-0.25, -0.2) is 0 Å². The second-order valence-corrected chi connectivity index (χ2v) is 8.01. The summed E-state index contributed by atoms with van der Waals surface area (Å²) in [6, 6.07) is 0. The van der Waals surface area contributed by atoms with Gasteiger partial charge in [0, 0.05) is 18.9 Å². The molecule has 0 N–H and O–H groups in total. The third-order valence-corrected chi connectivity index (χ3v) is 6.69. The first-order chi connectivity index (χ1) is 7.84. The van der Waals surface area contributed by atoms with Gasteiger partial charge in [0.05, 0.1) is 0 Å². The van der Waals surface area contributed by atoms with Gasteiger partial charge < -0.3 is 0 Å². The fraction of sp³-hybridized carbons (Fsp3) is 1.00. The molecule has 1 aliphatic carbocycles.